The SMILES string of the molecule is Nc1nc2c(cnn2CCCl)c2nc(-c3ccc(Br)o3)nn12. The second-order valence-corrected chi connectivity index (χ2v) is 5.70. The van der Waals surface area contributed by atoms with Crippen LogP contribution in [0.3, 0.4) is 0 Å². The summed E-state index contributed by atoms with van der Waals surface area (Å²) in [5.74, 6) is 1.62. The second-order valence-electron chi connectivity index (χ2n) is 4.54. The van der Waals surface area contributed by atoms with Crippen LogP contribution in [0.1, 0.15) is 0 Å². The van der Waals surface area contributed by atoms with Crippen molar-refractivity contribution in [1.82, 2.24) is 29.4 Å². The van der Waals surface area contributed by atoms with Crippen molar-refractivity contribution >= 4 is 50.2 Å². The van der Waals surface area contributed by atoms with Crippen LogP contribution in [0.2, 0.25) is 0 Å². The highest BCUT2D eigenvalue weighted by molar-refractivity contribution is 9.10. The lowest BCUT2D eigenvalue weighted by molar-refractivity contribution is 0.551. The molecule has 4 rings (SSSR count). The van der Waals surface area contributed by atoms with Crippen LogP contribution in [-0.4, -0.2) is 35.2 Å². The number of furan rings is 1. The molecule has 0 radical (unpaired) electrons. The van der Waals surface area contributed by atoms with Gasteiger partial charge < -0.3 is 10.2 Å². The average Bonchev–Trinajstić information content (AvgIpc) is 3.18. The van der Waals surface area contributed by atoms with E-state index in [0.717, 1.165) is 5.39 Å². The van der Waals surface area contributed by atoms with Crippen LogP contribution in [-0.2, 0) is 6.54 Å². The van der Waals surface area contributed by atoms with E-state index in [0.29, 0.717) is 40.0 Å². The van der Waals surface area contributed by atoms with Gasteiger partial charge in [-0.1, -0.05) is 0 Å². The molecule has 10 heteroatoms. The molecule has 0 atom stereocenters. The quantitative estimate of drug-likeness (QED) is 0.546. The fourth-order valence-corrected chi connectivity index (χ4v) is 2.71. The predicted octanol–water partition coefficient (Wildman–Crippen LogP) is 2.32. The molecule has 4 aromatic rings. The molecular formula is C12H9BrClN7O. The van der Waals surface area contributed by atoms with E-state index in [1.165, 1.54) is 4.52 Å². The fourth-order valence-electron chi connectivity index (χ4n) is 2.24. The molecule has 0 amide bonds. The highest BCUT2D eigenvalue weighted by Crippen LogP contribution is 2.25. The number of fused-ring (bicyclic) bond motifs is 3. The standard InChI is InChI=1S/C12H9BrClN7O/c13-8-2-1-7(22-8)9-17-11-6-5-16-20(4-3-14)10(6)18-12(15)21(11)19-9/h1-2,5H,3-4H2,(H2,15,18). The molecule has 22 heavy (non-hydrogen) atoms. The maximum absolute atomic E-state index is 5.98. The van der Waals surface area contributed by atoms with Gasteiger partial charge in [0.2, 0.25) is 11.8 Å². The van der Waals surface area contributed by atoms with Crippen molar-refractivity contribution in [3.05, 3.63) is 23.0 Å². The van der Waals surface area contributed by atoms with E-state index in [1.807, 2.05) is 0 Å². The van der Waals surface area contributed by atoms with E-state index in [4.69, 9.17) is 21.8 Å². The van der Waals surface area contributed by atoms with Crippen LogP contribution >= 0.6 is 27.5 Å². The van der Waals surface area contributed by atoms with Crippen molar-refractivity contribution in [1.29, 1.82) is 0 Å². The molecule has 2 N–H and O–H groups in total. The molecule has 0 aliphatic heterocycles. The van der Waals surface area contributed by atoms with Gasteiger partial charge in [-0.2, -0.15) is 14.6 Å². The normalized spacial score (nSPS) is 11.7. The van der Waals surface area contributed by atoms with E-state index in [2.05, 4.69) is 36.1 Å². The third kappa shape index (κ3) is 1.97. The number of rotatable bonds is 3. The molecule has 4 aromatic heterocycles. The Balaban J connectivity index is 1.98. The fraction of sp³-hybridized carbons (Fsp3) is 0.167. The highest BCUT2D eigenvalue weighted by atomic mass is 79.9. The van der Waals surface area contributed by atoms with Crippen LogP contribution in [0, 0.1) is 0 Å². The molecule has 0 saturated carbocycles. The number of nitrogen functional groups attached to an aromatic ring is 1. The minimum absolute atomic E-state index is 0.225. The van der Waals surface area contributed by atoms with Gasteiger partial charge in [-0.25, -0.2) is 9.67 Å². The average molecular weight is 383 g/mol. The molecule has 0 saturated heterocycles. The summed E-state index contributed by atoms with van der Waals surface area (Å²) in [4.78, 5) is 8.82. The Hall–Kier alpha value is -2.13. The zero-order chi connectivity index (χ0) is 15.3. The van der Waals surface area contributed by atoms with Crippen molar-refractivity contribution in [2.75, 3.05) is 11.6 Å². The number of aryl methyl sites for hydroxylation is 1. The smallest absolute Gasteiger partial charge is 0.225 e. The predicted molar refractivity (Wildman–Crippen MR) is 84.6 cm³/mol. The maximum Gasteiger partial charge on any atom is 0.225 e. The van der Waals surface area contributed by atoms with E-state index in [9.17, 15) is 0 Å². The third-order valence-corrected chi connectivity index (χ3v) is 3.78. The summed E-state index contributed by atoms with van der Waals surface area (Å²) >= 11 is 9.02. The lowest BCUT2D eigenvalue weighted by Crippen LogP contribution is -2.06. The molecule has 0 fully saturated rings. The number of halogens is 2. The Morgan fingerprint density at radius 1 is 1.27 bits per heavy atom. The minimum Gasteiger partial charge on any atom is -0.446 e. The number of nitrogens with two attached hydrogens (primary N) is 1. The minimum atomic E-state index is 0.225. The maximum atomic E-state index is 5.98. The third-order valence-electron chi connectivity index (χ3n) is 3.19. The number of aromatic nitrogens is 6. The van der Waals surface area contributed by atoms with Crippen molar-refractivity contribution in [3.8, 4) is 11.6 Å². The van der Waals surface area contributed by atoms with Gasteiger partial charge in [0.05, 0.1) is 18.1 Å². The van der Waals surface area contributed by atoms with Crippen LogP contribution in [0.5, 0.6) is 0 Å². The second kappa shape index (κ2) is 4.96. The first-order valence-electron chi connectivity index (χ1n) is 6.37. The Morgan fingerprint density at radius 3 is 2.86 bits per heavy atom. The van der Waals surface area contributed by atoms with Gasteiger partial charge in [0.1, 0.15) is 0 Å². The van der Waals surface area contributed by atoms with E-state index >= 15 is 0 Å². The van der Waals surface area contributed by atoms with Crippen LogP contribution in [0.4, 0.5) is 5.95 Å². The molecule has 8 nitrogen and oxygen atoms in total. The Labute approximate surface area is 137 Å². The highest BCUT2D eigenvalue weighted by Gasteiger charge is 2.17. The molecule has 0 aromatic carbocycles. The number of hydrogen-bond donors (Lipinski definition) is 1. The number of anilines is 1. The summed E-state index contributed by atoms with van der Waals surface area (Å²) in [5.41, 5.74) is 7.18. The first-order valence-corrected chi connectivity index (χ1v) is 7.69. The van der Waals surface area contributed by atoms with Crippen LogP contribution < -0.4 is 5.73 Å². The largest absolute Gasteiger partial charge is 0.446 e. The molecule has 0 aliphatic rings. The summed E-state index contributed by atoms with van der Waals surface area (Å²) in [6.45, 7) is 0.541. The van der Waals surface area contributed by atoms with Crippen molar-refractivity contribution in [3.63, 3.8) is 0 Å². The Morgan fingerprint density at radius 2 is 2.14 bits per heavy atom. The van der Waals surface area contributed by atoms with Crippen LogP contribution in [0.15, 0.2) is 27.4 Å². The van der Waals surface area contributed by atoms with Crippen LogP contribution in [0.25, 0.3) is 28.3 Å². The monoisotopic (exact) mass is 381 g/mol. The summed E-state index contributed by atoms with van der Waals surface area (Å²) in [7, 11) is 0. The number of hydrogen-bond acceptors (Lipinski definition) is 6. The number of alkyl halides is 1. The lowest BCUT2D eigenvalue weighted by atomic mass is 10.4. The summed E-state index contributed by atoms with van der Waals surface area (Å²) in [5, 5.41) is 9.36. The van der Waals surface area contributed by atoms with Gasteiger partial charge in [0.15, 0.2) is 21.7 Å². The Bertz CT molecular complexity index is 988. The van der Waals surface area contributed by atoms with Gasteiger partial charge in [0, 0.05) is 5.88 Å². The molecule has 112 valence electrons. The van der Waals surface area contributed by atoms with Crippen molar-refractivity contribution in [2.45, 2.75) is 6.54 Å². The first-order chi connectivity index (χ1) is 10.7. The van der Waals surface area contributed by atoms with Crippen molar-refractivity contribution < 1.29 is 4.42 Å². The van der Waals surface area contributed by atoms with Gasteiger partial charge in [-0.15, -0.1) is 16.7 Å². The molecule has 0 bridgehead atoms. The van der Waals surface area contributed by atoms with Gasteiger partial charge in [-0.3, -0.25) is 0 Å². The first kappa shape index (κ1) is 13.5. The molecule has 0 unspecified atom stereocenters. The van der Waals surface area contributed by atoms with Gasteiger partial charge >= 0.3 is 0 Å². The topological polar surface area (TPSA) is 100 Å². The zero-order valence-corrected chi connectivity index (χ0v) is 13.4. The van der Waals surface area contributed by atoms with Gasteiger partial charge in [0.25, 0.3) is 0 Å². The summed E-state index contributed by atoms with van der Waals surface area (Å²) < 4.78 is 9.24. The summed E-state index contributed by atoms with van der Waals surface area (Å²) in [6.07, 6.45) is 1.68. The van der Waals surface area contributed by atoms with Crippen molar-refractivity contribution in [2.24, 2.45) is 0 Å². The van der Waals surface area contributed by atoms with E-state index in [-0.39, 0.29) is 5.95 Å². The number of nitrogens with zero attached hydrogens (tertiary/aromatic N) is 6. The molecule has 0 spiro atoms. The van der Waals surface area contributed by atoms with Gasteiger partial charge in [-0.05, 0) is 28.1 Å². The van der Waals surface area contributed by atoms with E-state index < -0.39 is 0 Å². The molecule has 4 heterocycles. The van der Waals surface area contributed by atoms with E-state index in [1.54, 1.807) is 23.0 Å². The Kier molecular flexibility index (Phi) is 3.05. The zero-order valence-electron chi connectivity index (χ0n) is 11.1. The summed E-state index contributed by atoms with van der Waals surface area (Å²) in [6, 6.07) is 3.55. The molecule has 0 aliphatic carbocycles. The molecular weight excluding hydrogens is 374 g/mol. The lowest BCUT2D eigenvalue weighted by Gasteiger charge is -2.01.